The summed E-state index contributed by atoms with van der Waals surface area (Å²) >= 11 is 1.97. The maximum atomic E-state index is 6.40. The number of fused-ring (bicyclic) bond motifs is 6. The van der Waals surface area contributed by atoms with Crippen LogP contribution in [0.3, 0.4) is 0 Å². The molecule has 0 saturated heterocycles. The Morgan fingerprint density at radius 3 is 1.25 bits per heavy atom. The largest absolute Gasteiger partial charge is 0.455 e. The van der Waals surface area contributed by atoms with Gasteiger partial charge in [0, 0.05) is 36.5 Å². The summed E-state index contributed by atoms with van der Waals surface area (Å²) in [5, 5.41) is 6.58. The summed E-state index contributed by atoms with van der Waals surface area (Å²) in [5.41, 5.74) is 16.2. The van der Waals surface area contributed by atoms with Gasteiger partial charge in [-0.05, 0) is 103 Å². The third kappa shape index (κ3) is 6.39. The summed E-state index contributed by atoms with van der Waals surface area (Å²) in [6, 6.07) is 73.2. The van der Waals surface area contributed by atoms with Crippen molar-refractivity contribution in [2.75, 3.05) is 0 Å². The third-order valence-corrected chi connectivity index (χ3v) is 15.5. The molecule has 0 radical (unpaired) electrons. The van der Waals surface area contributed by atoms with Crippen LogP contribution in [0.25, 0.3) is 109 Å². The smallest absolute Gasteiger partial charge is 0.143 e. The topological polar surface area (TPSA) is 13.1 Å². The molecule has 1 nitrogen and oxygen atoms in total. The highest BCUT2D eigenvalue weighted by atomic mass is 32.1. The lowest BCUT2D eigenvalue weighted by molar-refractivity contribution is 0.670. The molecule has 0 saturated carbocycles. The van der Waals surface area contributed by atoms with Gasteiger partial charge in [0.1, 0.15) is 11.2 Å². The van der Waals surface area contributed by atoms with Crippen LogP contribution in [0, 0.1) is 0 Å². The summed E-state index contributed by atoms with van der Waals surface area (Å²) in [7, 11) is -1.50. The number of benzene rings is 9. The Morgan fingerprint density at radius 2 is 0.717 bits per heavy atom. The lowest BCUT2D eigenvalue weighted by Gasteiger charge is -2.17. The van der Waals surface area contributed by atoms with Crippen molar-refractivity contribution in [1.29, 1.82) is 0 Å². The Kier molecular flexibility index (Phi) is 8.77. The fraction of sp³-hybridized carbons (Fsp3) is 0.0526. The van der Waals surface area contributed by atoms with Crippen molar-refractivity contribution < 1.29 is 4.42 Å². The molecule has 0 aliphatic carbocycles. The average Bonchev–Trinajstić information content (AvgIpc) is 3.88. The van der Waals surface area contributed by atoms with Crippen molar-refractivity contribution in [1.82, 2.24) is 0 Å². The van der Waals surface area contributed by atoms with Gasteiger partial charge in [0.05, 0.1) is 8.07 Å². The Labute approximate surface area is 355 Å². The molecule has 286 valence electrons. The number of hydrogen-bond donors (Lipinski definition) is 0. The lowest BCUT2D eigenvalue weighted by Crippen LogP contribution is -2.37. The van der Waals surface area contributed by atoms with Crippen molar-refractivity contribution in [3.63, 3.8) is 0 Å². The van der Waals surface area contributed by atoms with E-state index in [-0.39, 0.29) is 0 Å². The molecule has 0 aliphatic heterocycles. The Morgan fingerprint density at radius 1 is 0.333 bits per heavy atom. The van der Waals surface area contributed by atoms with Gasteiger partial charge in [-0.3, -0.25) is 0 Å². The summed E-state index contributed by atoms with van der Waals surface area (Å²) in [6.07, 6.45) is 0. The van der Waals surface area contributed by atoms with E-state index in [4.69, 9.17) is 4.42 Å². The van der Waals surface area contributed by atoms with Gasteiger partial charge in [-0.1, -0.05) is 183 Å². The first-order valence-electron chi connectivity index (χ1n) is 20.7. The molecular formula is C57H42OSSi. The van der Waals surface area contributed by atoms with Crippen LogP contribution in [-0.4, -0.2) is 8.07 Å². The van der Waals surface area contributed by atoms with Crippen LogP contribution in [0.1, 0.15) is 0 Å². The molecule has 60 heavy (non-hydrogen) atoms. The SMILES string of the molecule is C[Si](C)(C)c1cccc2c1sc1c(-c3cccc(-c4cccc(-c5cccc(-c6cccc(-c7cccc(-c8cccc9c8oc8ccccc89)c7)c6)c5)c4)c3)cccc12. The van der Waals surface area contributed by atoms with Gasteiger partial charge in [0.2, 0.25) is 0 Å². The Balaban J connectivity index is 0.904. The number of para-hydroxylation sites is 2. The van der Waals surface area contributed by atoms with E-state index < -0.39 is 8.07 Å². The Hall–Kier alpha value is -6.78. The first-order chi connectivity index (χ1) is 29.4. The zero-order valence-corrected chi connectivity index (χ0v) is 35.7. The normalized spacial score (nSPS) is 11.9. The van der Waals surface area contributed by atoms with Crippen LogP contribution >= 0.6 is 11.3 Å². The van der Waals surface area contributed by atoms with Crippen molar-refractivity contribution in [3.05, 3.63) is 200 Å². The minimum atomic E-state index is -1.50. The minimum Gasteiger partial charge on any atom is -0.455 e. The van der Waals surface area contributed by atoms with Crippen LogP contribution in [-0.2, 0) is 0 Å². The minimum absolute atomic E-state index is 0.916. The zero-order chi connectivity index (χ0) is 40.4. The van der Waals surface area contributed by atoms with Gasteiger partial charge in [-0.15, -0.1) is 11.3 Å². The molecule has 0 bridgehead atoms. The number of thiophene rings is 1. The van der Waals surface area contributed by atoms with Crippen molar-refractivity contribution in [2.24, 2.45) is 0 Å². The second kappa shape index (κ2) is 14.5. The van der Waals surface area contributed by atoms with Gasteiger partial charge < -0.3 is 4.42 Å². The fourth-order valence-electron chi connectivity index (χ4n) is 8.98. The van der Waals surface area contributed by atoms with E-state index >= 15 is 0 Å². The van der Waals surface area contributed by atoms with Crippen molar-refractivity contribution in [2.45, 2.75) is 19.6 Å². The Bertz CT molecular complexity index is 3430. The van der Waals surface area contributed by atoms with Gasteiger partial charge in [0.15, 0.2) is 0 Å². The average molecular weight is 803 g/mol. The highest BCUT2D eigenvalue weighted by molar-refractivity contribution is 7.28. The second-order valence-corrected chi connectivity index (χ2v) is 23.0. The van der Waals surface area contributed by atoms with Crippen LogP contribution in [0.2, 0.25) is 19.6 Å². The summed E-state index contributed by atoms with van der Waals surface area (Å²) in [6.45, 7) is 7.35. The molecule has 0 N–H and O–H groups in total. The van der Waals surface area contributed by atoms with Gasteiger partial charge in [0.25, 0.3) is 0 Å². The fourth-order valence-corrected chi connectivity index (χ4v) is 12.7. The van der Waals surface area contributed by atoms with E-state index in [1.54, 1.807) is 5.19 Å². The summed E-state index contributed by atoms with van der Waals surface area (Å²) < 4.78 is 9.23. The van der Waals surface area contributed by atoms with E-state index in [2.05, 4.69) is 208 Å². The molecule has 2 aromatic heterocycles. The number of rotatable bonds is 7. The number of furan rings is 1. The second-order valence-electron chi connectivity index (χ2n) is 16.9. The van der Waals surface area contributed by atoms with Crippen LogP contribution in [0.4, 0.5) is 0 Å². The van der Waals surface area contributed by atoms with E-state index in [0.717, 1.165) is 33.1 Å². The highest BCUT2D eigenvalue weighted by Crippen LogP contribution is 2.42. The molecular weight excluding hydrogens is 761 g/mol. The third-order valence-electron chi connectivity index (χ3n) is 12.0. The van der Waals surface area contributed by atoms with E-state index in [1.165, 1.54) is 75.8 Å². The number of hydrogen-bond acceptors (Lipinski definition) is 2. The van der Waals surface area contributed by atoms with Gasteiger partial charge in [-0.2, -0.15) is 0 Å². The lowest BCUT2D eigenvalue weighted by atomic mass is 9.93. The van der Waals surface area contributed by atoms with E-state index in [9.17, 15) is 0 Å². The molecule has 9 aromatic carbocycles. The zero-order valence-electron chi connectivity index (χ0n) is 33.9. The molecule has 0 atom stereocenters. The van der Waals surface area contributed by atoms with Crippen LogP contribution in [0.15, 0.2) is 205 Å². The van der Waals surface area contributed by atoms with Crippen LogP contribution < -0.4 is 5.19 Å². The molecule has 0 spiro atoms. The molecule has 11 rings (SSSR count). The highest BCUT2D eigenvalue weighted by Gasteiger charge is 2.22. The molecule has 2 heterocycles. The molecule has 0 amide bonds. The predicted octanol–water partition coefficient (Wildman–Crippen LogP) is 16.5. The maximum absolute atomic E-state index is 6.40. The van der Waals surface area contributed by atoms with Gasteiger partial charge in [-0.25, -0.2) is 0 Å². The molecule has 0 fully saturated rings. The summed E-state index contributed by atoms with van der Waals surface area (Å²) in [4.78, 5) is 0. The van der Waals surface area contributed by atoms with Crippen LogP contribution in [0.5, 0.6) is 0 Å². The monoisotopic (exact) mass is 802 g/mol. The van der Waals surface area contributed by atoms with E-state index in [1.807, 2.05) is 23.5 Å². The van der Waals surface area contributed by atoms with Crippen molar-refractivity contribution in [3.8, 4) is 66.8 Å². The molecule has 3 heteroatoms. The summed E-state index contributed by atoms with van der Waals surface area (Å²) in [5.74, 6) is 0. The molecule has 11 aromatic rings. The molecule has 0 aliphatic rings. The first-order valence-corrected chi connectivity index (χ1v) is 25.0. The van der Waals surface area contributed by atoms with E-state index in [0.29, 0.717) is 0 Å². The maximum Gasteiger partial charge on any atom is 0.143 e. The first kappa shape index (κ1) is 36.3. The standard InChI is InChI=1S/C57H42OSSi/c1-60(2,3)54-31-13-29-52-51-28-12-26-48(56(51)59-57(52)54)46-23-10-21-44(36-46)42-19-8-17-40(34-42)38-15-6-14-37(32-38)39-16-7-18-41(33-39)43-20-9-22-45(35-43)47-25-11-27-50-49-24-4-5-30-53(49)58-55(47)50/h4-36H,1-3H3. The van der Waals surface area contributed by atoms with Gasteiger partial charge >= 0.3 is 0 Å². The van der Waals surface area contributed by atoms with Crippen molar-refractivity contribution >= 4 is 66.7 Å². The molecule has 0 unspecified atom stereocenters. The predicted molar refractivity (Wildman–Crippen MR) is 262 cm³/mol. The quantitative estimate of drug-likeness (QED) is 0.146.